The lowest BCUT2D eigenvalue weighted by Crippen LogP contribution is -2.14. The maximum absolute atomic E-state index is 12.0. The molecule has 108 valence electrons. The van der Waals surface area contributed by atoms with Crippen molar-refractivity contribution in [1.29, 1.82) is 0 Å². The van der Waals surface area contributed by atoms with Crippen LogP contribution in [-0.4, -0.2) is 37.3 Å². The van der Waals surface area contributed by atoms with Gasteiger partial charge in [0.25, 0.3) is 0 Å². The second kappa shape index (κ2) is 4.37. The van der Waals surface area contributed by atoms with Gasteiger partial charge >= 0.3 is 5.97 Å². The van der Waals surface area contributed by atoms with E-state index in [1.54, 1.807) is 18.2 Å². The molecule has 1 heterocycles. The molecule has 0 radical (unpaired) electrons. The largest absolute Gasteiger partial charge is 0.481 e. The van der Waals surface area contributed by atoms with Gasteiger partial charge in [-0.15, -0.1) is 0 Å². The van der Waals surface area contributed by atoms with Crippen molar-refractivity contribution >= 4 is 15.8 Å². The molecule has 3 rings (SSSR count). The Morgan fingerprint density at radius 3 is 2.70 bits per heavy atom. The van der Waals surface area contributed by atoms with Crippen LogP contribution >= 0.6 is 0 Å². The fraction of sp³-hybridized carbons (Fsp3) is 0.462. The highest BCUT2D eigenvalue weighted by atomic mass is 32.2. The third-order valence-corrected chi connectivity index (χ3v) is 6.06. The molecular weight excluding hydrogens is 284 g/mol. The summed E-state index contributed by atoms with van der Waals surface area (Å²) in [7, 11) is -3.38. The molecule has 2 aliphatic rings. The minimum atomic E-state index is -3.38. The van der Waals surface area contributed by atoms with Gasteiger partial charge in [-0.3, -0.25) is 4.79 Å². The van der Waals surface area contributed by atoms with Crippen LogP contribution in [0.1, 0.15) is 18.4 Å². The van der Waals surface area contributed by atoms with Crippen molar-refractivity contribution in [2.45, 2.75) is 18.1 Å². The first-order chi connectivity index (χ1) is 9.45. The molecule has 7 heteroatoms. The Morgan fingerprint density at radius 1 is 1.35 bits per heavy atom. The first kappa shape index (κ1) is 13.2. The molecule has 0 unspecified atom stereocenters. The number of rotatable bonds is 4. The molecule has 0 bridgehead atoms. The van der Waals surface area contributed by atoms with Crippen molar-refractivity contribution in [2.24, 2.45) is 5.92 Å². The lowest BCUT2D eigenvalue weighted by Gasteiger charge is -2.02. The summed E-state index contributed by atoms with van der Waals surface area (Å²) >= 11 is 0. The van der Waals surface area contributed by atoms with Crippen molar-refractivity contribution < 1.29 is 27.8 Å². The molecule has 1 aliphatic heterocycles. The number of aliphatic carboxylic acids is 1. The number of carbonyl (C=O) groups is 1. The average Bonchev–Trinajstić information content (AvgIpc) is 3.02. The predicted molar refractivity (Wildman–Crippen MR) is 69.7 cm³/mol. The highest BCUT2D eigenvalue weighted by Gasteiger charge is 2.62. The molecule has 1 aromatic carbocycles. The summed E-state index contributed by atoms with van der Waals surface area (Å²) in [6, 6.07) is 5.07. The van der Waals surface area contributed by atoms with E-state index in [1.165, 1.54) is 6.92 Å². The second-order valence-electron chi connectivity index (χ2n) is 4.92. The number of carboxylic acid groups (broad SMARTS) is 1. The second-order valence-corrected chi connectivity index (χ2v) is 7.37. The molecule has 20 heavy (non-hydrogen) atoms. The minimum Gasteiger partial charge on any atom is -0.481 e. The van der Waals surface area contributed by atoms with E-state index in [1.807, 2.05) is 0 Å². The van der Waals surface area contributed by atoms with Gasteiger partial charge in [-0.25, -0.2) is 8.42 Å². The highest BCUT2D eigenvalue weighted by Crippen LogP contribution is 2.54. The van der Waals surface area contributed by atoms with Gasteiger partial charge in [0, 0.05) is 11.7 Å². The molecule has 6 nitrogen and oxygen atoms in total. The van der Waals surface area contributed by atoms with Gasteiger partial charge in [0.1, 0.15) is 0 Å². The van der Waals surface area contributed by atoms with Crippen molar-refractivity contribution in [3.63, 3.8) is 0 Å². The average molecular weight is 298 g/mol. The Bertz CT molecular complexity index is 665. The van der Waals surface area contributed by atoms with E-state index in [0.717, 1.165) is 0 Å². The minimum absolute atomic E-state index is 0.0531. The standard InChI is InChI=1S/C13H14O6S/c1-2-20(16,17)12-10(11(12)13(14)15)7-3-4-8-9(5-7)19-6-18-8/h3-5,10-12H,2,6H2,1H3,(H,14,15)/t10-,11+,12+/m1/s1. The van der Waals surface area contributed by atoms with Gasteiger partial charge in [0.05, 0.1) is 11.2 Å². The fourth-order valence-corrected chi connectivity index (χ4v) is 4.53. The van der Waals surface area contributed by atoms with E-state index in [0.29, 0.717) is 17.1 Å². The maximum atomic E-state index is 12.0. The summed E-state index contributed by atoms with van der Waals surface area (Å²) in [5, 5.41) is 8.35. The van der Waals surface area contributed by atoms with E-state index in [4.69, 9.17) is 9.47 Å². The van der Waals surface area contributed by atoms with Crippen molar-refractivity contribution in [2.75, 3.05) is 12.5 Å². The van der Waals surface area contributed by atoms with Gasteiger partial charge in [-0.1, -0.05) is 13.0 Å². The SMILES string of the molecule is CCS(=O)(=O)[C@@H]1[C@@H](C(=O)O)[C@H]1c1ccc2c(c1)OCO2. The molecule has 1 saturated carbocycles. The normalized spacial score (nSPS) is 27.4. The van der Waals surface area contributed by atoms with Crippen molar-refractivity contribution in [3.05, 3.63) is 23.8 Å². The number of fused-ring (bicyclic) bond motifs is 1. The third kappa shape index (κ3) is 1.93. The Labute approximate surface area is 116 Å². The molecule has 1 fully saturated rings. The lowest BCUT2D eigenvalue weighted by atomic mass is 10.1. The first-order valence-electron chi connectivity index (χ1n) is 6.29. The highest BCUT2D eigenvalue weighted by molar-refractivity contribution is 7.92. The number of hydrogen-bond donors (Lipinski definition) is 1. The van der Waals surface area contributed by atoms with Crippen LogP contribution in [0.15, 0.2) is 18.2 Å². The van der Waals surface area contributed by atoms with Gasteiger partial charge in [0.15, 0.2) is 21.3 Å². The molecule has 1 aromatic rings. The van der Waals surface area contributed by atoms with Crippen LogP contribution in [0.5, 0.6) is 11.5 Å². The molecular formula is C13H14O6S. The molecule has 0 saturated heterocycles. The predicted octanol–water partition coefficient (Wildman–Crippen LogP) is 1.02. The quantitative estimate of drug-likeness (QED) is 0.892. The van der Waals surface area contributed by atoms with E-state index in [-0.39, 0.29) is 12.5 Å². The molecule has 0 aromatic heterocycles. The molecule has 1 aliphatic carbocycles. The van der Waals surface area contributed by atoms with Gasteiger partial charge in [-0.05, 0) is 17.7 Å². The summed E-state index contributed by atoms with van der Waals surface area (Å²) in [6.07, 6.45) is 0. The van der Waals surface area contributed by atoms with Crippen LogP contribution in [0.3, 0.4) is 0 Å². The van der Waals surface area contributed by atoms with E-state index in [9.17, 15) is 18.3 Å². The first-order valence-corrected chi connectivity index (χ1v) is 8.01. The molecule has 3 atom stereocenters. The number of ether oxygens (including phenoxy) is 2. The van der Waals surface area contributed by atoms with Crippen molar-refractivity contribution in [3.8, 4) is 11.5 Å². The molecule has 1 N–H and O–H groups in total. The van der Waals surface area contributed by atoms with Gasteiger partial charge in [-0.2, -0.15) is 0 Å². The zero-order valence-corrected chi connectivity index (χ0v) is 11.6. The Kier molecular flexibility index (Phi) is 2.89. The van der Waals surface area contributed by atoms with Gasteiger partial charge < -0.3 is 14.6 Å². The number of carboxylic acids is 1. The zero-order valence-electron chi connectivity index (χ0n) is 10.8. The lowest BCUT2D eigenvalue weighted by molar-refractivity contribution is -0.138. The Balaban J connectivity index is 1.95. The zero-order chi connectivity index (χ0) is 14.5. The Hall–Kier alpha value is -1.76. The summed E-state index contributed by atoms with van der Waals surface area (Å²) in [5.74, 6) is -1.38. The van der Waals surface area contributed by atoms with Crippen LogP contribution in [0.25, 0.3) is 0 Å². The summed E-state index contributed by atoms with van der Waals surface area (Å²) in [4.78, 5) is 11.2. The third-order valence-electron chi connectivity index (χ3n) is 3.84. The van der Waals surface area contributed by atoms with Crippen LogP contribution in [0.2, 0.25) is 0 Å². The Morgan fingerprint density at radius 2 is 2.05 bits per heavy atom. The summed E-state index contributed by atoms with van der Waals surface area (Å²) < 4.78 is 34.4. The van der Waals surface area contributed by atoms with Crippen LogP contribution < -0.4 is 9.47 Å². The van der Waals surface area contributed by atoms with Crippen LogP contribution in [-0.2, 0) is 14.6 Å². The monoisotopic (exact) mass is 298 g/mol. The fourth-order valence-electron chi connectivity index (χ4n) is 2.73. The van der Waals surface area contributed by atoms with Crippen LogP contribution in [0, 0.1) is 5.92 Å². The topological polar surface area (TPSA) is 89.9 Å². The summed E-state index contributed by atoms with van der Waals surface area (Å²) in [5.41, 5.74) is 0.670. The van der Waals surface area contributed by atoms with E-state index >= 15 is 0 Å². The van der Waals surface area contributed by atoms with Gasteiger partial charge in [0.2, 0.25) is 6.79 Å². The molecule has 0 amide bonds. The van der Waals surface area contributed by atoms with E-state index < -0.39 is 32.9 Å². The number of hydrogen-bond acceptors (Lipinski definition) is 5. The smallest absolute Gasteiger partial charge is 0.308 e. The number of benzene rings is 1. The maximum Gasteiger partial charge on any atom is 0.308 e. The van der Waals surface area contributed by atoms with Crippen LogP contribution in [0.4, 0.5) is 0 Å². The van der Waals surface area contributed by atoms with E-state index in [2.05, 4.69) is 0 Å². The molecule has 0 spiro atoms. The number of sulfone groups is 1. The summed E-state index contributed by atoms with van der Waals surface area (Å²) in [6.45, 7) is 1.66. The van der Waals surface area contributed by atoms with Crippen molar-refractivity contribution in [1.82, 2.24) is 0 Å².